The fourth-order valence-corrected chi connectivity index (χ4v) is 2.78. The number of hydrogen-bond donors (Lipinski definition) is 1. The van der Waals surface area contributed by atoms with Crippen LogP contribution in [-0.4, -0.2) is 43.2 Å². The third-order valence-electron chi connectivity index (χ3n) is 4.01. The molecule has 1 rings (SSSR count). The predicted molar refractivity (Wildman–Crippen MR) is 76.9 cm³/mol. The fourth-order valence-electron chi connectivity index (χ4n) is 2.78. The molecule has 124 valence electrons. The molecule has 6 heteroatoms. The summed E-state index contributed by atoms with van der Waals surface area (Å²) in [7, 11) is 0. The summed E-state index contributed by atoms with van der Waals surface area (Å²) in [6.07, 6.45) is 0.469. The third-order valence-corrected chi connectivity index (χ3v) is 4.01. The molecule has 1 aliphatic rings. The van der Waals surface area contributed by atoms with E-state index in [0.29, 0.717) is 19.6 Å². The zero-order chi connectivity index (χ0) is 15.9. The lowest BCUT2D eigenvalue weighted by Gasteiger charge is -2.33. The zero-order valence-corrected chi connectivity index (χ0v) is 13.0. The van der Waals surface area contributed by atoms with Gasteiger partial charge >= 0.3 is 6.18 Å². The Morgan fingerprint density at radius 2 is 2.14 bits per heavy atom. The van der Waals surface area contributed by atoms with Crippen molar-refractivity contribution in [2.24, 2.45) is 11.8 Å². The first-order valence-electron chi connectivity index (χ1n) is 7.88. The van der Waals surface area contributed by atoms with Crippen molar-refractivity contribution < 1.29 is 18.0 Å². The van der Waals surface area contributed by atoms with Crippen LogP contribution < -0.4 is 5.32 Å². The summed E-state index contributed by atoms with van der Waals surface area (Å²) >= 11 is 0. The molecule has 0 aromatic rings. The molecule has 0 aliphatic carbocycles. The molecule has 0 bridgehead atoms. The highest BCUT2D eigenvalue weighted by Crippen LogP contribution is 2.22. The number of unbranched alkanes of at least 4 members (excludes halogenated alkanes) is 1. The molecule has 0 spiro atoms. The van der Waals surface area contributed by atoms with Gasteiger partial charge in [-0.05, 0) is 31.7 Å². The molecule has 0 radical (unpaired) electrons. The summed E-state index contributed by atoms with van der Waals surface area (Å²) in [4.78, 5) is 13.3. The van der Waals surface area contributed by atoms with E-state index in [-0.39, 0.29) is 17.7 Å². The Morgan fingerprint density at radius 3 is 2.76 bits per heavy atom. The van der Waals surface area contributed by atoms with Crippen LogP contribution in [0.4, 0.5) is 13.2 Å². The van der Waals surface area contributed by atoms with Crippen LogP contribution in [0.2, 0.25) is 0 Å². The summed E-state index contributed by atoms with van der Waals surface area (Å²) in [5.41, 5.74) is 0. The lowest BCUT2D eigenvalue weighted by molar-refractivity contribution is -0.149. The number of nitrogens with one attached hydrogen (secondary N) is 1. The van der Waals surface area contributed by atoms with Crippen molar-refractivity contribution in [2.45, 2.75) is 52.1 Å². The second kappa shape index (κ2) is 8.61. The second-order valence-electron chi connectivity index (χ2n) is 6.15. The molecule has 1 aliphatic heterocycles. The van der Waals surface area contributed by atoms with Gasteiger partial charge in [-0.15, -0.1) is 0 Å². The normalized spacial score (nSPS) is 22.0. The van der Waals surface area contributed by atoms with Crippen molar-refractivity contribution >= 4 is 5.91 Å². The van der Waals surface area contributed by atoms with Gasteiger partial charge in [-0.1, -0.05) is 26.7 Å². The number of alkyl halides is 3. The Bertz CT molecular complexity index is 321. The summed E-state index contributed by atoms with van der Waals surface area (Å²) in [6, 6.07) is 0. The van der Waals surface area contributed by atoms with Gasteiger partial charge in [0.15, 0.2) is 0 Å². The van der Waals surface area contributed by atoms with Crippen molar-refractivity contribution in [3.05, 3.63) is 0 Å². The summed E-state index contributed by atoms with van der Waals surface area (Å²) in [5, 5.41) is 2.90. The van der Waals surface area contributed by atoms with E-state index in [0.717, 1.165) is 32.1 Å². The summed E-state index contributed by atoms with van der Waals surface area (Å²) in [5.74, 6) is 0.139. The zero-order valence-electron chi connectivity index (χ0n) is 13.0. The number of carbonyl (C=O) groups is 1. The largest absolute Gasteiger partial charge is 0.401 e. The number of piperidine rings is 1. The molecule has 2 atom stereocenters. The van der Waals surface area contributed by atoms with Gasteiger partial charge < -0.3 is 5.32 Å². The van der Waals surface area contributed by atoms with Crippen LogP contribution in [-0.2, 0) is 4.79 Å². The molecule has 0 unspecified atom stereocenters. The Labute approximate surface area is 125 Å². The van der Waals surface area contributed by atoms with Crippen molar-refractivity contribution in [1.29, 1.82) is 0 Å². The minimum Gasteiger partial charge on any atom is -0.356 e. The topological polar surface area (TPSA) is 32.3 Å². The van der Waals surface area contributed by atoms with Gasteiger partial charge in [0, 0.05) is 19.0 Å². The minimum absolute atomic E-state index is 0.0141. The van der Waals surface area contributed by atoms with Crippen molar-refractivity contribution in [3.63, 3.8) is 0 Å². The molecular weight excluding hydrogens is 281 g/mol. The quantitative estimate of drug-likeness (QED) is 0.783. The first-order chi connectivity index (χ1) is 9.81. The van der Waals surface area contributed by atoms with Crippen LogP contribution >= 0.6 is 0 Å². The Hall–Kier alpha value is -0.780. The maximum absolute atomic E-state index is 12.4. The summed E-state index contributed by atoms with van der Waals surface area (Å²) in [6.45, 7) is 4.55. The van der Waals surface area contributed by atoms with Crippen molar-refractivity contribution in [2.75, 3.05) is 26.2 Å². The lowest BCUT2D eigenvalue weighted by Crippen LogP contribution is -2.45. The fraction of sp³-hybridized carbons (Fsp3) is 0.933. The first-order valence-corrected chi connectivity index (χ1v) is 7.88. The van der Waals surface area contributed by atoms with Gasteiger partial charge in [-0.25, -0.2) is 0 Å². The van der Waals surface area contributed by atoms with E-state index in [1.165, 1.54) is 4.90 Å². The molecule has 1 N–H and O–H groups in total. The highest BCUT2D eigenvalue weighted by molar-refractivity contribution is 5.78. The number of likely N-dealkylation sites (tertiary alicyclic amines) is 1. The van der Waals surface area contributed by atoms with E-state index in [2.05, 4.69) is 12.2 Å². The summed E-state index contributed by atoms with van der Waals surface area (Å²) < 4.78 is 37.2. The van der Waals surface area contributed by atoms with E-state index in [4.69, 9.17) is 0 Å². The Balaban J connectivity index is 2.29. The average molecular weight is 308 g/mol. The van der Waals surface area contributed by atoms with Crippen LogP contribution in [0, 0.1) is 11.8 Å². The van der Waals surface area contributed by atoms with E-state index < -0.39 is 12.7 Å². The van der Waals surface area contributed by atoms with Gasteiger partial charge in [0.25, 0.3) is 0 Å². The van der Waals surface area contributed by atoms with Crippen molar-refractivity contribution in [3.8, 4) is 0 Å². The third kappa shape index (κ3) is 7.69. The van der Waals surface area contributed by atoms with Gasteiger partial charge in [-0.2, -0.15) is 13.2 Å². The highest BCUT2D eigenvalue weighted by Gasteiger charge is 2.33. The Kier molecular flexibility index (Phi) is 7.49. The number of hydrogen-bond acceptors (Lipinski definition) is 2. The molecule has 21 heavy (non-hydrogen) atoms. The molecule has 1 amide bonds. The smallest absolute Gasteiger partial charge is 0.356 e. The van der Waals surface area contributed by atoms with E-state index in [1.807, 2.05) is 6.92 Å². The van der Waals surface area contributed by atoms with Crippen LogP contribution in [0.1, 0.15) is 46.0 Å². The molecular formula is C15H27F3N2O. The second-order valence-corrected chi connectivity index (χ2v) is 6.15. The maximum atomic E-state index is 12.4. The van der Waals surface area contributed by atoms with Crippen LogP contribution in [0.5, 0.6) is 0 Å². The predicted octanol–water partition coefficient (Wildman–Crippen LogP) is 3.20. The maximum Gasteiger partial charge on any atom is 0.401 e. The van der Waals surface area contributed by atoms with Crippen LogP contribution in [0.3, 0.4) is 0 Å². The molecule has 1 fully saturated rings. The average Bonchev–Trinajstić information content (AvgIpc) is 2.40. The monoisotopic (exact) mass is 308 g/mol. The Morgan fingerprint density at radius 1 is 1.43 bits per heavy atom. The number of halogens is 3. The van der Waals surface area contributed by atoms with Gasteiger partial charge in [0.1, 0.15) is 0 Å². The SMILES string of the molecule is CCCC[C@@H](C)C(=O)NC[C@@H]1CCCN(CC(F)(F)F)C1. The molecule has 0 aromatic heterocycles. The number of rotatable bonds is 7. The van der Waals surface area contributed by atoms with Gasteiger partial charge in [-0.3, -0.25) is 9.69 Å². The van der Waals surface area contributed by atoms with Crippen LogP contribution in [0.15, 0.2) is 0 Å². The molecule has 1 heterocycles. The van der Waals surface area contributed by atoms with Gasteiger partial charge in [0.05, 0.1) is 6.54 Å². The molecule has 1 saturated heterocycles. The van der Waals surface area contributed by atoms with Crippen LogP contribution in [0.25, 0.3) is 0 Å². The number of carbonyl (C=O) groups excluding carboxylic acids is 1. The number of amides is 1. The standard InChI is InChI=1S/C15H27F3N2O/c1-3-4-6-12(2)14(21)19-9-13-7-5-8-20(10-13)11-15(16,17)18/h12-13H,3-11H2,1-2H3,(H,19,21)/t12-,13+/m1/s1. The molecule has 0 aromatic carbocycles. The van der Waals surface area contributed by atoms with E-state index in [1.54, 1.807) is 0 Å². The first kappa shape index (κ1) is 18.3. The number of nitrogens with zero attached hydrogens (tertiary/aromatic N) is 1. The van der Waals surface area contributed by atoms with Crippen molar-refractivity contribution in [1.82, 2.24) is 10.2 Å². The van der Waals surface area contributed by atoms with E-state index >= 15 is 0 Å². The lowest BCUT2D eigenvalue weighted by atomic mass is 9.97. The highest BCUT2D eigenvalue weighted by atomic mass is 19.4. The van der Waals surface area contributed by atoms with E-state index in [9.17, 15) is 18.0 Å². The molecule has 0 saturated carbocycles. The minimum atomic E-state index is -4.14. The molecule has 3 nitrogen and oxygen atoms in total. The van der Waals surface area contributed by atoms with Gasteiger partial charge in [0.2, 0.25) is 5.91 Å².